The van der Waals surface area contributed by atoms with Gasteiger partial charge in [-0.3, -0.25) is 9.35 Å². The molecule has 0 aromatic heterocycles. The number of aryl methyl sites for hydroxylation is 1. The van der Waals surface area contributed by atoms with Crippen LogP contribution in [0.15, 0.2) is 24.3 Å². The predicted octanol–water partition coefficient (Wildman–Crippen LogP) is 0.423. The molecule has 0 fully saturated rings. The molecule has 1 unspecified atom stereocenters. The summed E-state index contributed by atoms with van der Waals surface area (Å²) in [5.41, 5.74) is 1.26. The van der Waals surface area contributed by atoms with Crippen molar-refractivity contribution < 1.29 is 17.8 Å². The first-order chi connectivity index (χ1) is 7.00. The molecule has 0 spiro atoms. The Morgan fingerprint density at radius 3 is 2.50 bits per heavy atom. The van der Waals surface area contributed by atoms with Crippen molar-refractivity contribution in [1.29, 1.82) is 0 Å². The maximum atomic E-state index is 11.7. The van der Waals surface area contributed by atoms with Crippen LogP contribution in [-0.4, -0.2) is 75.4 Å². The van der Waals surface area contributed by atoms with Gasteiger partial charge in [-0.15, -0.1) is 0 Å². The molecule has 1 aromatic carbocycles. The van der Waals surface area contributed by atoms with E-state index in [1.54, 1.807) is 24.3 Å². The van der Waals surface area contributed by atoms with Gasteiger partial charge in [0.05, 0.1) is 0 Å². The van der Waals surface area contributed by atoms with Gasteiger partial charge in [0.25, 0.3) is 10.1 Å². The minimum atomic E-state index is -4.27. The molecular formula is C10H11KO4S. The molecule has 1 aliphatic rings. The molecule has 0 radical (unpaired) electrons. The number of rotatable bonds is 1. The average Bonchev–Trinajstić information content (AvgIpc) is 2.16. The summed E-state index contributed by atoms with van der Waals surface area (Å²) < 4.78 is 30.8. The second-order valence-electron chi connectivity index (χ2n) is 3.56. The number of carbonyl (C=O) groups is 1. The van der Waals surface area contributed by atoms with Gasteiger partial charge < -0.3 is 0 Å². The fourth-order valence-corrected chi connectivity index (χ4v) is 2.67. The fourth-order valence-electron chi connectivity index (χ4n) is 1.85. The Kier molecular flexibility index (Phi) is 4.88. The van der Waals surface area contributed by atoms with Crippen LogP contribution in [0.2, 0.25) is 0 Å². The van der Waals surface area contributed by atoms with Crippen molar-refractivity contribution in [1.82, 2.24) is 0 Å². The average molecular weight is 266 g/mol. The third-order valence-corrected chi connectivity index (χ3v) is 3.78. The van der Waals surface area contributed by atoms with Crippen LogP contribution in [0, 0.1) is 0 Å². The van der Waals surface area contributed by atoms with Crippen LogP contribution >= 0.6 is 0 Å². The first kappa shape index (κ1) is 14.5. The normalized spacial score (nSPS) is 19.8. The second kappa shape index (κ2) is 5.39. The number of Topliss-reactive ketones (excluding diaryl/α,β-unsaturated/α-hetero) is 1. The van der Waals surface area contributed by atoms with Crippen LogP contribution in [-0.2, 0) is 16.5 Å². The van der Waals surface area contributed by atoms with Crippen LogP contribution in [0.3, 0.4) is 0 Å². The van der Waals surface area contributed by atoms with Gasteiger partial charge >= 0.3 is 51.4 Å². The zero-order chi connectivity index (χ0) is 11.1. The summed E-state index contributed by atoms with van der Waals surface area (Å²) in [5, 5.41) is -1.28. The molecule has 0 bridgehead atoms. The minimum absolute atomic E-state index is 0. The molecule has 16 heavy (non-hydrogen) atoms. The van der Waals surface area contributed by atoms with Gasteiger partial charge in [-0.1, -0.05) is 24.3 Å². The number of ketones is 1. The van der Waals surface area contributed by atoms with Gasteiger partial charge in [0.2, 0.25) is 0 Å². The van der Waals surface area contributed by atoms with E-state index in [0.717, 1.165) is 5.56 Å². The van der Waals surface area contributed by atoms with Crippen LogP contribution in [0.25, 0.3) is 0 Å². The quantitative estimate of drug-likeness (QED) is 0.591. The number of fused-ring (bicyclic) bond motifs is 1. The topological polar surface area (TPSA) is 71.4 Å². The van der Waals surface area contributed by atoms with Gasteiger partial charge in [-0.2, -0.15) is 8.42 Å². The van der Waals surface area contributed by atoms with Crippen molar-refractivity contribution in [3.05, 3.63) is 35.4 Å². The van der Waals surface area contributed by atoms with E-state index in [1.807, 2.05) is 0 Å². The van der Waals surface area contributed by atoms with Crippen molar-refractivity contribution in [2.45, 2.75) is 18.1 Å². The third kappa shape index (κ3) is 2.81. The Morgan fingerprint density at radius 2 is 1.88 bits per heavy atom. The molecule has 4 nitrogen and oxygen atoms in total. The van der Waals surface area contributed by atoms with E-state index < -0.39 is 21.2 Å². The SMILES string of the molecule is O=C1c2ccccc2CCC1S(=O)(=O)O.[KH]. The number of hydrogen-bond acceptors (Lipinski definition) is 3. The summed E-state index contributed by atoms with van der Waals surface area (Å²) in [6.45, 7) is 0. The first-order valence-electron chi connectivity index (χ1n) is 4.58. The molecule has 0 amide bonds. The molecule has 1 atom stereocenters. The summed E-state index contributed by atoms with van der Waals surface area (Å²) in [6.07, 6.45) is 0.668. The van der Waals surface area contributed by atoms with E-state index in [9.17, 15) is 13.2 Å². The standard InChI is InChI=1S/C10H10O4S.K.H/c11-10-8-4-2-1-3-7(8)5-6-9(10)15(12,13)14;;/h1-4,9H,5-6H2,(H,12,13,14);;. The van der Waals surface area contributed by atoms with Gasteiger partial charge in [-0.25, -0.2) is 0 Å². The van der Waals surface area contributed by atoms with Crippen molar-refractivity contribution in [2.75, 3.05) is 0 Å². The van der Waals surface area contributed by atoms with Crippen LogP contribution in [0.5, 0.6) is 0 Å². The Morgan fingerprint density at radius 1 is 1.25 bits per heavy atom. The monoisotopic (exact) mass is 266 g/mol. The molecule has 0 aliphatic heterocycles. The second-order valence-corrected chi connectivity index (χ2v) is 5.16. The number of carbonyl (C=O) groups excluding carboxylic acids is 1. The van der Waals surface area contributed by atoms with Crippen LogP contribution in [0.1, 0.15) is 22.3 Å². The van der Waals surface area contributed by atoms with E-state index in [2.05, 4.69) is 0 Å². The van der Waals surface area contributed by atoms with Crippen molar-refractivity contribution in [3.63, 3.8) is 0 Å². The third-order valence-electron chi connectivity index (χ3n) is 2.61. The van der Waals surface area contributed by atoms with E-state index >= 15 is 0 Å². The molecule has 0 saturated heterocycles. The van der Waals surface area contributed by atoms with Gasteiger partial charge in [-0.05, 0) is 18.4 Å². The summed E-state index contributed by atoms with van der Waals surface area (Å²) in [5.74, 6) is -0.501. The van der Waals surface area contributed by atoms with E-state index in [-0.39, 0.29) is 57.8 Å². The molecule has 6 heteroatoms. The van der Waals surface area contributed by atoms with Crippen molar-refractivity contribution in [3.8, 4) is 0 Å². The molecule has 2 rings (SSSR count). The Bertz CT molecular complexity index is 509. The zero-order valence-electron chi connectivity index (χ0n) is 7.88. The van der Waals surface area contributed by atoms with E-state index in [0.29, 0.717) is 12.0 Å². The number of benzene rings is 1. The van der Waals surface area contributed by atoms with E-state index in [4.69, 9.17) is 4.55 Å². The molecule has 1 aliphatic carbocycles. The molecule has 82 valence electrons. The molecule has 1 aromatic rings. The molecular weight excluding hydrogens is 255 g/mol. The molecule has 1 N–H and O–H groups in total. The Hall–Kier alpha value is 0.436. The van der Waals surface area contributed by atoms with Gasteiger partial charge in [0.15, 0.2) is 5.78 Å². The van der Waals surface area contributed by atoms with Crippen LogP contribution in [0.4, 0.5) is 0 Å². The van der Waals surface area contributed by atoms with Gasteiger partial charge in [0.1, 0.15) is 5.25 Å². The van der Waals surface area contributed by atoms with Crippen molar-refractivity contribution in [2.24, 2.45) is 0 Å². The summed E-state index contributed by atoms with van der Waals surface area (Å²) in [4.78, 5) is 11.7. The molecule has 0 saturated carbocycles. The Balaban J connectivity index is 0.00000128. The van der Waals surface area contributed by atoms with Crippen molar-refractivity contribution >= 4 is 67.3 Å². The summed E-state index contributed by atoms with van der Waals surface area (Å²) >= 11 is 0. The van der Waals surface area contributed by atoms with Gasteiger partial charge in [0, 0.05) is 5.56 Å². The summed E-state index contributed by atoms with van der Waals surface area (Å²) in [7, 11) is -4.27. The first-order valence-corrected chi connectivity index (χ1v) is 6.09. The van der Waals surface area contributed by atoms with E-state index in [1.165, 1.54) is 0 Å². The summed E-state index contributed by atoms with van der Waals surface area (Å²) in [6, 6.07) is 6.88. The zero-order valence-corrected chi connectivity index (χ0v) is 8.70. The fraction of sp³-hybridized carbons (Fsp3) is 0.300. The molecule has 0 heterocycles. The Labute approximate surface area is 137 Å². The van der Waals surface area contributed by atoms with Crippen LogP contribution < -0.4 is 0 Å². The maximum absolute atomic E-state index is 11.7. The number of hydrogen-bond donors (Lipinski definition) is 1. The predicted molar refractivity (Wildman–Crippen MR) is 61.6 cm³/mol.